The number of H-pyrrole nitrogens is 1. The van der Waals surface area contributed by atoms with Crippen LogP contribution in [-0.2, 0) is 16.1 Å². The highest BCUT2D eigenvalue weighted by atomic mass is 35.5. The summed E-state index contributed by atoms with van der Waals surface area (Å²) in [6, 6.07) is 15.1. The van der Waals surface area contributed by atoms with Crippen LogP contribution >= 0.6 is 11.6 Å². The maximum Gasteiger partial charge on any atom is 0.339 e. The second-order valence-electron chi connectivity index (χ2n) is 5.54. The Hall–Kier alpha value is -3.12. The molecule has 0 aliphatic carbocycles. The summed E-state index contributed by atoms with van der Waals surface area (Å²) in [6.45, 7) is -0.228. The highest BCUT2D eigenvalue weighted by Gasteiger charge is 2.14. The Morgan fingerprint density at radius 1 is 1.08 bits per heavy atom. The first-order valence-corrected chi connectivity index (χ1v) is 8.21. The van der Waals surface area contributed by atoms with Crippen LogP contribution in [0.2, 0.25) is 5.02 Å². The molecule has 1 aromatic heterocycles. The van der Waals surface area contributed by atoms with E-state index in [4.69, 9.17) is 16.3 Å². The van der Waals surface area contributed by atoms with Crippen molar-refractivity contribution in [3.05, 3.63) is 81.1 Å². The minimum atomic E-state index is -0.736. The minimum Gasteiger partial charge on any atom is -0.452 e. The molecule has 0 bridgehead atoms. The van der Waals surface area contributed by atoms with Gasteiger partial charge in [0.2, 0.25) is 5.56 Å². The fraction of sp³-hybridized carbons (Fsp3) is 0.105. The van der Waals surface area contributed by atoms with E-state index in [1.807, 2.05) is 6.07 Å². The lowest BCUT2D eigenvalue weighted by atomic mass is 10.1. The molecule has 0 aliphatic heterocycles. The first-order chi connectivity index (χ1) is 12.5. The molecule has 132 valence electrons. The van der Waals surface area contributed by atoms with Gasteiger partial charge in [0.05, 0.1) is 5.56 Å². The number of esters is 1. The molecule has 2 N–H and O–H groups in total. The van der Waals surface area contributed by atoms with E-state index in [9.17, 15) is 14.4 Å². The molecule has 3 rings (SSSR count). The number of halogens is 1. The van der Waals surface area contributed by atoms with Crippen LogP contribution in [0.15, 0.2) is 59.4 Å². The van der Waals surface area contributed by atoms with Crippen molar-refractivity contribution >= 4 is 34.4 Å². The predicted molar refractivity (Wildman–Crippen MR) is 98.1 cm³/mol. The normalized spacial score (nSPS) is 10.5. The molecule has 0 saturated heterocycles. The number of amides is 1. The second kappa shape index (κ2) is 7.84. The third kappa shape index (κ3) is 4.10. The number of nitrogens with one attached hydrogen (secondary N) is 2. The quantitative estimate of drug-likeness (QED) is 0.676. The van der Waals surface area contributed by atoms with Crippen molar-refractivity contribution in [1.82, 2.24) is 10.3 Å². The molecule has 0 unspecified atom stereocenters. The summed E-state index contributed by atoms with van der Waals surface area (Å²) in [4.78, 5) is 38.5. The Labute approximate surface area is 153 Å². The lowest BCUT2D eigenvalue weighted by Crippen LogP contribution is -2.28. The van der Waals surface area contributed by atoms with E-state index in [2.05, 4.69) is 10.3 Å². The number of carbonyl (C=O) groups is 2. The monoisotopic (exact) mass is 370 g/mol. The van der Waals surface area contributed by atoms with E-state index in [0.29, 0.717) is 15.9 Å². The fourth-order valence-corrected chi connectivity index (χ4v) is 2.67. The van der Waals surface area contributed by atoms with Gasteiger partial charge in [0.25, 0.3) is 5.91 Å². The highest BCUT2D eigenvalue weighted by Crippen LogP contribution is 2.16. The third-order valence-electron chi connectivity index (χ3n) is 3.74. The van der Waals surface area contributed by atoms with Crippen molar-refractivity contribution < 1.29 is 14.3 Å². The molecule has 1 amide bonds. The van der Waals surface area contributed by atoms with E-state index in [1.165, 1.54) is 0 Å². The van der Waals surface area contributed by atoms with Crippen LogP contribution in [-0.4, -0.2) is 23.5 Å². The summed E-state index contributed by atoms with van der Waals surface area (Å²) in [7, 11) is 0. The minimum absolute atomic E-state index is 0.114. The number of fused-ring (bicyclic) bond motifs is 1. The Bertz CT molecular complexity index is 1030. The number of para-hydroxylation sites is 1. The van der Waals surface area contributed by atoms with Gasteiger partial charge in [0.15, 0.2) is 6.61 Å². The largest absolute Gasteiger partial charge is 0.452 e. The number of rotatable bonds is 5. The Morgan fingerprint density at radius 2 is 1.81 bits per heavy atom. The number of aromatic amines is 1. The zero-order valence-electron chi connectivity index (χ0n) is 13.6. The molecule has 0 aliphatic rings. The average Bonchev–Trinajstić information content (AvgIpc) is 2.64. The van der Waals surface area contributed by atoms with E-state index < -0.39 is 24.0 Å². The van der Waals surface area contributed by atoms with Crippen LogP contribution in [0.3, 0.4) is 0 Å². The molecule has 0 radical (unpaired) electrons. The summed E-state index contributed by atoms with van der Waals surface area (Å²) in [5.74, 6) is -1.20. The van der Waals surface area contributed by atoms with Crippen molar-refractivity contribution in [2.75, 3.05) is 6.61 Å². The molecular formula is C19H15ClN2O4. The van der Waals surface area contributed by atoms with Crippen molar-refractivity contribution in [3.63, 3.8) is 0 Å². The maximum atomic E-state index is 12.3. The molecule has 0 saturated carbocycles. The molecule has 1 heterocycles. The summed E-state index contributed by atoms with van der Waals surface area (Å²) in [5, 5.41) is 3.72. The number of ether oxygens (including phenoxy) is 1. The number of aromatic nitrogens is 1. The van der Waals surface area contributed by atoms with Crippen LogP contribution in [0.5, 0.6) is 0 Å². The van der Waals surface area contributed by atoms with Gasteiger partial charge in [-0.05, 0) is 17.7 Å². The number of benzene rings is 2. The standard InChI is InChI=1S/C19H15ClN2O4/c20-15-7-3-1-5-12(15)10-21-18(24)11-26-19(25)14-9-17(23)22-16-8-4-2-6-13(14)16/h1-9H,10-11H2,(H,21,24)(H,22,23). The van der Waals surface area contributed by atoms with Gasteiger partial charge in [0.1, 0.15) is 0 Å². The van der Waals surface area contributed by atoms with Gasteiger partial charge >= 0.3 is 5.97 Å². The van der Waals surface area contributed by atoms with E-state index in [-0.39, 0.29) is 12.1 Å². The van der Waals surface area contributed by atoms with Gasteiger partial charge < -0.3 is 15.0 Å². The van der Waals surface area contributed by atoms with Crippen LogP contribution in [0.25, 0.3) is 10.9 Å². The van der Waals surface area contributed by atoms with Gasteiger partial charge in [-0.15, -0.1) is 0 Å². The van der Waals surface area contributed by atoms with Crippen LogP contribution in [0, 0.1) is 0 Å². The Kier molecular flexibility index (Phi) is 5.34. The Morgan fingerprint density at radius 3 is 2.62 bits per heavy atom. The number of hydrogen-bond acceptors (Lipinski definition) is 4. The smallest absolute Gasteiger partial charge is 0.339 e. The van der Waals surface area contributed by atoms with Crippen molar-refractivity contribution in [2.45, 2.75) is 6.54 Å². The fourth-order valence-electron chi connectivity index (χ4n) is 2.47. The number of carbonyl (C=O) groups excluding carboxylic acids is 2. The van der Waals surface area contributed by atoms with Gasteiger partial charge in [0, 0.05) is 28.5 Å². The lowest BCUT2D eigenvalue weighted by Gasteiger charge is -2.09. The van der Waals surface area contributed by atoms with E-state index >= 15 is 0 Å². The van der Waals surface area contributed by atoms with Gasteiger partial charge in [-0.3, -0.25) is 9.59 Å². The molecular weight excluding hydrogens is 356 g/mol. The third-order valence-corrected chi connectivity index (χ3v) is 4.11. The topological polar surface area (TPSA) is 88.3 Å². The first-order valence-electron chi connectivity index (χ1n) is 7.84. The molecule has 3 aromatic rings. The number of hydrogen-bond donors (Lipinski definition) is 2. The lowest BCUT2D eigenvalue weighted by molar-refractivity contribution is -0.124. The SMILES string of the molecule is O=C(COC(=O)c1cc(=O)[nH]c2ccccc12)NCc1ccccc1Cl. The number of pyridine rings is 1. The molecule has 6 nitrogen and oxygen atoms in total. The van der Waals surface area contributed by atoms with E-state index in [0.717, 1.165) is 11.6 Å². The van der Waals surface area contributed by atoms with Crippen molar-refractivity contribution in [1.29, 1.82) is 0 Å². The molecule has 2 aromatic carbocycles. The van der Waals surface area contributed by atoms with Crippen LogP contribution in [0.4, 0.5) is 0 Å². The highest BCUT2D eigenvalue weighted by molar-refractivity contribution is 6.31. The van der Waals surface area contributed by atoms with Crippen molar-refractivity contribution in [3.8, 4) is 0 Å². The van der Waals surface area contributed by atoms with Crippen LogP contribution < -0.4 is 10.9 Å². The molecule has 0 fully saturated rings. The Balaban J connectivity index is 1.63. The molecule has 0 spiro atoms. The summed E-state index contributed by atoms with van der Waals surface area (Å²) >= 11 is 6.02. The summed E-state index contributed by atoms with van der Waals surface area (Å²) < 4.78 is 5.03. The van der Waals surface area contributed by atoms with Crippen molar-refractivity contribution in [2.24, 2.45) is 0 Å². The van der Waals surface area contributed by atoms with Gasteiger partial charge in [-0.25, -0.2) is 4.79 Å². The predicted octanol–water partition coefficient (Wildman–Crippen LogP) is 2.65. The average molecular weight is 371 g/mol. The maximum absolute atomic E-state index is 12.3. The van der Waals surface area contributed by atoms with Gasteiger partial charge in [-0.1, -0.05) is 48.0 Å². The summed E-state index contributed by atoms with van der Waals surface area (Å²) in [6.07, 6.45) is 0. The molecule has 7 heteroatoms. The second-order valence-corrected chi connectivity index (χ2v) is 5.94. The molecule has 0 atom stereocenters. The summed E-state index contributed by atoms with van der Waals surface area (Å²) in [5.41, 5.74) is 0.978. The van der Waals surface area contributed by atoms with E-state index in [1.54, 1.807) is 42.5 Å². The van der Waals surface area contributed by atoms with Gasteiger partial charge in [-0.2, -0.15) is 0 Å². The van der Waals surface area contributed by atoms with Crippen LogP contribution in [0.1, 0.15) is 15.9 Å². The first kappa shape index (κ1) is 17.7. The zero-order valence-corrected chi connectivity index (χ0v) is 14.4. The zero-order chi connectivity index (χ0) is 18.5. The molecule has 26 heavy (non-hydrogen) atoms.